The van der Waals surface area contributed by atoms with Crippen LogP contribution >= 0.6 is 0 Å². The van der Waals surface area contributed by atoms with Crippen molar-refractivity contribution in [3.63, 3.8) is 0 Å². The molecule has 0 heterocycles. The van der Waals surface area contributed by atoms with Crippen LogP contribution in [0.15, 0.2) is 0 Å². The molecule has 0 saturated carbocycles. The molecule has 0 amide bonds. The summed E-state index contributed by atoms with van der Waals surface area (Å²) >= 11 is 0. The van der Waals surface area contributed by atoms with Crippen LogP contribution in [0.4, 0.5) is 0 Å². The first-order chi connectivity index (χ1) is 8.48. The topological polar surface area (TPSA) is 77.8 Å². The van der Waals surface area contributed by atoms with Gasteiger partial charge in [0.2, 0.25) is 0 Å². The molecule has 0 unspecified atom stereocenters. The van der Waals surface area contributed by atoms with Gasteiger partial charge in [0.05, 0.1) is 6.42 Å². The van der Waals surface area contributed by atoms with Gasteiger partial charge in [-0.25, -0.2) is 0 Å². The largest absolute Gasteiger partial charge is 0.481 e. The van der Waals surface area contributed by atoms with Crippen LogP contribution in [0.3, 0.4) is 0 Å². The summed E-state index contributed by atoms with van der Waals surface area (Å²) < 4.78 is 0. The molecule has 0 aliphatic rings. The fourth-order valence-electron chi connectivity index (χ4n) is 1.97. The SMILES string of the molecule is CCCCCCCCCCC(O)(O)CCC(=O)O. The highest BCUT2D eigenvalue weighted by atomic mass is 16.5. The number of aliphatic hydroxyl groups is 2. The van der Waals surface area contributed by atoms with E-state index in [1.807, 2.05) is 0 Å². The van der Waals surface area contributed by atoms with Gasteiger partial charge in [-0.15, -0.1) is 0 Å². The number of carboxylic acid groups (broad SMARTS) is 1. The van der Waals surface area contributed by atoms with Crippen molar-refractivity contribution in [2.75, 3.05) is 0 Å². The van der Waals surface area contributed by atoms with Gasteiger partial charge >= 0.3 is 5.97 Å². The normalized spacial score (nSPS) is 11.7. The van der Waals surface area contributed by atoms with Crippen molar-refractivity contribution in [1.29, 1.82) is 0 Å². The minimum Gasteiger partial charge on any atom is -0.481 e. The molecule has 0 aliphatic carbocycles. The Labute approximate surface area is 110 Å². The van der Waals surface area contributed by atoms with E-state index in [2.05, 4.69) is 6.92 Å². The first-order valence-corrected chi connectivity index (χ1v) is 7.14. The maximum atomic E-state index is 10.3. The molecule has 0 atom stereocenters. The lowest BCUT2D eigenvalue weighted by molar-refractivity contribution is -0.176. The average Bonchev–Trinajstić information content (AvgIpc) is 2.30. The van der Waals surface area contributed by atoms with Crippen LogP contribution in [0.2, 0.25) is 0 Å². The molecule has 0 radical (unpaired) electrons. The van der Waals surface area contributed by atoms with Crippen LogP contribution in [-0.2, 0) is 4.79 Å². The number of aliphatic carboxylic acids is 1. The lowest BCUT2D eigenvalue weighted by atomic mass is 10.0. The lowest BCUT2D eigenvalue weighted by Gasteiger charge is -2.20. The van der Waals surface area contributed by atoms with Crippen LogP contribution in [0, 0.1) is 0 Å². The molecule has 0 aliphatic heterocycles. The maximum Gasteiger partial charge on any atom is 0.303 e. The van der Waals surface area contributed by atoms with Crippen molar-refractivity contribution >= 4 is 5.97 Å². The van der Waals surface area contributed by atoms with Crippen LogP contribution < -0.4 is 0 Å². The van der Waals surface area contributed by atoms with Gasteiger partial charge in [0.1, 0.15) is 0 Å². The van der Waals surface area contributed by atoms with Gasteiger partial charge in [0, 0.05) is 12.8 Å². The van der Waals surface area contributed by atoms with Crippen LogP contribution in [0.5, 0.6) is 0 Å². The van der Waals surface area contributed by atoms with Gasteiger partial charge < -0.3 is 15.3 Å². The summed E-state index contributed by atoms with van der Waals surface area (Å²) in [5, 5.41) is 27.5. The van der Waals surface area contributed by atoms with E-state index in [1.165, 1.54) is 32.1 Å². The Hall–Kier alpha value is -0.610. The summed E-state index contributed by atoms with van der Waals surface area (Å²) in [6.07, 6.45) is 9.17. The minimum atomic E-state index is -1.80. The number of carbonyl (C=O) groups is 1. The molecular weight excluding hydrogens is 232 g/mol. The lowest BCUT2D eigenvalue weighted by Crippen LogP contribution is -2.28. The van der Waals surface area contributed by atoms with Gasteiger partial charge in [0.15, 0.2) is 5.79 Å². The highest BCUT2D eigenvalue weighted by Gasteiger charge is 2.22. The Bertz CT molecular complexity index is 214. The molecule has 18 heavy (non-hydrogen) atoms. The molecule has 4 nitrogen and oxygen atoms in total. The molecule has 0 saturated heterocycles. The molecule has 0 aromatic rings. The Morgan fingerprint density at radius 3 is 1.89 bits per heavy atom. The molecule has 0 aromatic carbocycles. The van der Waals surface area contributed by atoms with Gasteiger partial charge in [-0.2, -0.15) is 0 Å². The third-order valence-corrected chi connectivity index (χ3v) is 3.17. The zero-order valence-corrected chi connectivity index (χ0v) is 11.5. The van der Waals surface area contributed by atoms with Crippen LogP contribution in [0.1, 0.15) is 77.6 Å². The van der Waals surface area contributed by atoms with E-state index < -0.39 is 11.8 Å². The molecule has 4 heteroatoms. The maximum absolute atomic E-state index is 10.3. The van der Waals surface area contributed by atoms with Crippen molar-refractivity contribution < 1.29 is 20.1 Å². The third-order valence-electron chi connectivity index (χ3n) is 3.17. The molecule has 0 bridgehead atoms. The standard InChI is InChI=1S/C14H28O4/c1-2-3-4-5-6-7-8-9-11-14(17,18)12-10-13(15)16/h17-18H,2-12H2,1H3,(H,15,16). The number of hydrogen-bond donors (Lipinski definition) is 3. The van der Waals surface area contributed by atoms with Crippen molar-refractivity contribution in [3.05, 3.63) is 0 Å². The number of carboxylic acids is 1. The van der Waals surface area contributed by atoms with E-state index in [4.69, 9.17) is 5.11 Å². The van der Waals surface area contributed by atoms with Gasteiger partial charge in [-0.3, -0.25) is 4.79 Å². The monoisotopic (exact) mass is 260 g/mol. The highest BCUT2D eigenvalue weighted by molar-refractivity contribution is 5.66. The Morgan fingerprint density at radius 1 is 0.889 bits per heavy atom. The molecule has 3 N–H and O–H groups in total. The van der Waals surface area contributed by atoms with E-state index in [-0.39, 0.29) is 19.3 Å². The zero-order chi connectivity index (χ0) is 13.9. The smallest absolute Gasteiger partial charge is 0.303 e. The predicted molar refractivity (Wildman–Crippen MR) is 71.3 cm³/mol. The van der Waals surface area contributed by atoms with Crippen molar-refractivity contribution in [1.82, 2.24) is 0 Å². The number of hydrogen-bond acceptors (Lipinski definition) is 3. The van der Waals surface area contributed by atoms with Crippen molar-refractivity contribution in [2.45, 2.75) is 83.3 Å². The summed E-state index contributed by atoms with van der Waals surface area (Å²) in [4.78, 5) is 10.3. The second kappa shape index (κ2) is 10.3. The van der Waals surface area contributed by atoms with Crippen LogP contribution in [-0.4, -0.2) is 27.1 Å². The van der Waals surface area contributed by atoms with Crippen molar-refractivity contribution in [2.24, 2.45) is 0 Å². The quantitative estimate of drug-likeness (QED) is 0.372. The first kappa shape index (κ1) is 17.4. The Kier molecular flexibility index (Phi) is 9.98. The van der Waals surface area contributed by atoms with E-state index in [0.717, 1.165) is 19.3 Å². The zero-order valence-electron chi connectivity index (χ0n) is 11.5. The summed E-state index contributed by atoms with van der Waals surface area (Å²) in [6.45, 7) is 2.19. The molecular formula is C14H28O4. The number of rotatable bonds is 12. The van der Waals surface area contributed by atoms with Crippen molar-refractivity contribution in [3.8, 4) is 0 Å². The summed E-state index contributed by atoms with van der Waals surface area (Å²) in [6, 6.07) is 0. The van der Waals surface area contributed by atoms with Crippen LogP contribution in [0.25, 0.3) is 0 Å². The predicted octanol–water partition coefficient (Wildman–Crippen LogP) is 3.06. The molecule has 0 spiro atoms. The third kappa shape index (κ3) is 11.9. The number of unbranched alkanes of at least 4 members (excludes halogenated alkanes) is 7. The summed E-state index contributed by atoms with van der Waals surface area (Å²) in [5.41, 5.74) is 0. The van der Waals surface area contributed by atoms with E-state index >= 15 is 0 Å². The molecule has 0 rings (SSSR count). The Morgan fingerprint density at radius 2 is 1.39 bits per heavy atom. The molecule has 108 valence electrons. The van der Waals surface area contributed by atoms with Gasteiger partial charge in [-0.1, -0.05) is 51.9 Å². The second-order valence-corrected chi connectivity index (χ2v) is 5.10. The average molecular weight is 260 g/mol. The van der Waals surface area contributed by atoms with E-state index in [9.17, 15) is 15.0 Å². The Balaban J connectivity index is 3.38. The highest BCUT2D eigenvalue weighted by Crippen LogP contribution is 2.18. The van der Waals surface area contributed by atoms with E-state index in [1.54, 1.807) is 0 Å². The fraction of sp³-hybridized carbons (Fsp3) is 0.929. The van der Waals surface area contributed by atoms with Gasteiger partial charge in [-0.05, 0) is 6.42 Å². The molecule has 0 aromatic heterocycles. The molecule has 0 fully saturated rings. The minimum absolute atomic E-state index is 0.0845. The summed E-state index contributed by atoms with van der Waals surface area (Å²) in [7, 11) is 0. The fourth-order valence-corrected chi connectivity index (χ4v) is 1.97. The van der Waals surface area contributed by atoms with Gasteiger partial charge in [0.25, 0.3) is 0 Å². The first-order valence-electron chi connectivity index (χ1n) is 7.14. The second-order valence-electron chi connectivity index (χ2n) is 5.10. The van der Waals surface area contributed by atoms with E-state index in [0.29, 0.717) is 0 Å². The summed E-state index contributed by atoms with van der Waals surface area (Å²) in [5.74, 6) is -2.79.